The van der Waals surface area contributed by atoms with E-state index in [9.17, 15) is 9.18 Å². The Hall–Kier alpha value is -2.31. The Morgan fingerprint density at radius 3 is 2.46 bits per heavy atom. The van der Waals surface area contributed by atoms with Crippen LogP contribution in [0.15, 0.2) is 48.5 Å². The molecular weight excluding hydrogens is 373 g/mol. The first-order valence-corrected chi connectivity index (χ1v) is 10.3. The lowest BCUT2D eigenvalue weighted by molar-refractivity contribution is -0.131. The molecule has 1 N–H and O–H groups in total. The van der Waals surface area contributed by atoms with E-state index in [1.165, 1.54) is 12.1 Å². The number of carbonyl (C=O) groups is 1. The van der Waals surface area contributed by atoms with Crippen LogP contribution in [0, 0.1) is 11.7 Å². The predicted molar refractivity (Wildman–Crippen MR) is 113 cm³/mol. The number of carbonyl (C=O) groups excluding carboxylic acids is 1. The Bertz CT molecular complexity index is 905. The first-order valence-electron chi connectivity index (χ1n) is 9.46. The highest BCUT2D eigenvalue weighted by Gasteiger charge is 2.22. The molecule has 0 unspecified atom stereocenters. The van der Waals surface area contributed by atoms with Crippen molar-refractivity contribution in [1.82, 2.24) is 15.2 Å². The molecule has 1 aromatic heterocycles. The topological polar surface area (TPSA) is 45.2 Å². The van der Waals surface area contributed by atoms with Crippen molar-refractivity contribution in [3.63, 3.8) is 0 Å². The summed E-state index contributed by atoms with van der Waals surface area (Å²) in [4.78, 5) is 19.2. The SMILES string of the molecule is CC(C)[C@@H](NCC(=O)N(C)[C@@H](C)c1nc2ccccc2s1)c1ccc(F)cc1. The minimum atomic E-state index is -0.258. The van der Waals surface area contributed by atoms with Crippen LogP contribution in [0.25, 0.3) is 10.2 Å². The molecule has 148 valence electrons. The van der Waals surface area contributed by atoms with Crippen LogP contribution in [-0.2, 0) is 4.79 Å². The average Bonchev–Trinajstić information content (AvgIpc) is 3.12. The Morgan fingerprint density at radius 2 is 1.82 bits per heavy atom. The van der Waals surface area contributed by atoms with Gasteiger partial charge < -0.3 is 10.2 Å². The maximum absolute atomic E-state index is 13.2. The summed E-state index contributed by atoms with van der Waals surface area (Å²) in [5.41, 5.74) is 1.94. The van der Waals surface area contributed by atoms with E-state index in [1.807, 2.05) is 38.2 Å². The lowest BCUT2D eigenvalue weighted by Crippen LogP contribution is -2.39. The van der Waals surface area contributed by atoms with Crippen molar-refractivity contribution in [3.8, 4) is 0 Å². The van der Waals surface area contributed by atoms with Crippen molar-refractivity contribution < 1.29 is 9.18 Å². The highest BCUT2D eigenvalue weighted by Crippen LogP contribution is 2.29. The standard InChI is InChI=1S/C22H26FN3OS/c1-14(2)21(16-9-11-17(23)12-10-16)24-13-20(27)26(4)15(3)22-25-18-7-5-6-8-19(18)28-22/h5-12,14-15,21,24H,13H2,1-4H3/t15-,21+/m0/s1. The second kappa shape index (κ2) is 8.80. The van der Waals surface area contributed by atoms with Crippen molar-refractivity contribution in [2.45, 2.75) is 32.9 Å². The van der Waals surface area contributed by atoms with Crippen LogP contribution < -0.4 is 5.32 Å². The summed E-state index contributed by atoms with van der Waals surface area (Å²) in [6.07, 6.45) is 0. The summed E-state index contributed by atoms with van der Waals surface area (Å²) >= 11 is 1.62. The van der Waals surface area contributed by atoms with E-state index in [2.05, 4.69) is 24.1 Å². The Labute approximate surface area is 169 Å². The molecule has 1 amide bonds. The van der Waals surface area contributed by atoms with Gasteiger partial charge in [0.15, 0.2) is 0 Å². The van der Waals surface area contributed by atoms with E-state index in [1.54, 1.807) is 28.4 Å². The molecule has 6 heteroatoms. The van der Waals surface area contributed by atoms with Gasteiger partial charge in [-0.3, -0.25) is 4.79 Å². The summed E-state index contributed by atoms with van der Waals surface area (Å²) in [5, 5.41) is 4.26. The third-order valence-corrected chi connectivity index (χ3v) is 6.22. The van der Waals surface area contributed by atoms with Gasteiger partial charge in [0.05, 0.1) is 22.8 Å². The zero-order chi connectivity index (χ0) is 20.3. The number of para-hydroxylation sites is 1. The summed E-state index contributed by atoms with van der Waals surface area (Å²) in [6, 6.07) is 14.3. The van der Waals surface area contributed by atoms with Crippen molar-refractivity contribution >= 4 is 27.5 Å². The second-order valence-electron chi connectivity index (χ2n) is 7.35. The maximum Gasteiger partial charge on any atom is 0.236 e. The number of likely N-dealkylation sites (N-methyl/N-ethyl adjacent to an activating group) is 1. The van der Waals surface area contributed by atoms with Crippen molar-refractivity contribution in [1.29, 1.82) is 0 Å². The molecule has 2 atom stereocenters. The number of nitrogens with one attached hydrogen (secondary N) is 1. The van der Waals surface area contributed by atoms with Crippen LogP contribution in [0.4, 0.5) is 4.39 Å². The highest BCUT2D eigenvalue weighted by atomic mass is 32.1. The van der Waals surface area contributed by atoms with Crippen LogP contribution in [0.2, 0.25) is 0 Å². The lowest BCUT2D eigenvalue weighted by Gasteiger charge is -2.27. The fourth-order valence-corrected chi connectivity index (χ4v) is 4.24. The normalized spacial score (nSPS) is 13.6. The van der Waals surface area contributed by atoms with E-state index in [4.69, 9.17) is 0 Å². The Kier molecular flexibility index (Phi) is 6.42. The number of fused-ring (bicyclic) bond motifs is 1. The van der Waals surface area contributed by atoms with E-state index in [0.717, 1.165) is 20.8 Å². The number of amides is 1. The van der Waals surface area contributed by atoms with Gasteiger partial charge in [-0.15, -0.1) is 11.3 Å². The quantitative estimate of drug-likeness (QED) is 0.612. The lowest BCUT2D eigenvalue weighted by atomic mass is 9.96. The van der Waals surface area contributed by atoms with Crippen molar-refractivity contribution in [2.24, 2.45) is 5.92 Å². The minimum absolute atomic E-state index is 0.000446. The number of benzene rings is 2. The summed E-state index contributed by atoms with van der Waals surface area (Å²) < 4.78 is 14.3. The monoisotopic (exact) mass is 399 g/mol. The molecular formula is C22H26FN3OS. The van der Waals surface area contributed by atoms with E-state index in [0.29, 0.717) is 0 Å². The van der Waals surface area contributed by atoms with E-state index >= 15 is 0 Å². The van der Waals surface area contributed by atoms with Gasteiger partial charge in [0.1, 0.15) is 10.8 Å². The van der Waals surface area contributed by atoms with Gasteiger partial charge in [-0.25, -0.2) is 9.37 Å². The molecule has 0 radical (unpaired) electrons. The fourth-order valence-electron chi connectivity index (χ4n) is 3.18. The van der Waals surface area contributed by atoms with Gasteiger partial charge in [0.25, 0.3) is 0 Å². The van der Waals surface area contributed by atoms with Crippen LogP contribution in [0.1, 0.15) is 43.4 Å². The molecule has 0 spiro atoms. The maximum atomic E-state index is 13.2. The van der Waals surface area contributed by atoms with Crippen molar-refractivity contribution in [2.75, 3.05) is 13.6 Å². The molecule has 3 rings (SSSR count). The third kappa shape index (κ3) is 4.56. The minimum Gasteiger partial charge on any atom is -0.335 e. The fraction of sp³-hybridized carbons (Fsp3) is 0.364. The van der Waals surface area contributed by atoms with Gasteiger partial charge in [-0.05, 0) is 42.7 Å². The number of aromatic nitrogens is 1. The smallest absolute Gasteiger partial charge is 0.236 e. The number of thiazole rings is 1. The molecule has 1 heterocycles. The van der Waals surface area contributed by atoms with Crippen LogP contribution >= 0.6 is 11.3 Å². The van der Waals surface area contributed by atoms with Gasteiger partial charge >= 0.3 is 0 Å². The van der Waals surface area contributed by atoms with Gasteiger partial charge in [-0.2, -0.15) is 0 Å². The second-order valence-corrected chi connectivity index (χ2v) is 8.42. The first kappa shape index (κ1) is 20.4. The number of hydrogen-bond donors (Lipinski definition) is 1. The molecule has 28 heavy (non-hydrogen) atoms. The summed E-state index contributed by atoms with van der Waals surface area (Å²) in [5.74, 6) is 0.0106. The largest absolute Gasteiger partial charge is 0.335 e. The molecule has 0 aliphatic heterocycles. The number of rotatable bonds is 7. The van der Waals surface area contributed by atoms with Gasteiger partial charge in [0.2, 0.25) is 5.91 Å². The zero-order valence-electron chi connectivity index (χ0n) is 16.6. The molecule has 4 nitrogen and oxygen atoms in total. The Morgan fingerprint density at radius 1 is 1.14 bits per heavy atom. The number of nitrogens with zero attached hydrogens (tertiary/aromatic N) is 2. The molecule has 0 aliphatic rings. The summed E-state index contributed by atoms with van der Waals surface area (Å²) in [6.45, 7) is 6.37. The van der Waals surface area contributed by atoms with Gasteiger partial charge in [0, 0.05) is 13.1 Å². The zero-order valence-corrected chi connectivity index (χ0v) is 17.5. The van der Waals surface area contributed by atoms with Crippen LogP contribution in [0.3, 0.4) is 0 Å². The third-order valence-electron chi connectivity index (χ3n) is 5.01. The Balaban J connectivity index is 1.66. The van der Waals surface area contributed by atoms with E-state index in [-0.39, 0.29) is 36.3 Å². The summed E-state index contributed by atoms with van der Waals surface area (Å²) in [7, 11) is 1.81. The number of halogens is 1. The molecule has 3 aromatic rings. The highest BCUT2D eigenvalue weighted by molar-refractivity contribution is 7.18. The average molecular weight is 400 g/mol. The first-order chi connectivity index (χ1) is 13.4. The molecule has 0 saturated carbocycles. The molecule has 0 bridgehead atoms. The van der Waals surface area contributed by atoms with E-state index < -0.39 is 0 Å². The molecule has 0 saturated heterocycles. The van der Waals surface area contributed by atoms with Gasteiger partial charge in [-0.1, -0.05) is 38.1 Å². The number of hydrogen-bond acceptors (Lipinski definition) is 4. The molecule has 2 aromatic carbocycles. The molecule has 0 aliphatic carbocycles. The van der Waals surface area contributed by atoms with Crippen molar-refractivity contribution in [3.05, 3.63) is 64.9 Å². The van der Waals surface area contributed by atoms with Crippen LogP contribution in [-0.4, -0.2) is 29.4 Å². The predicted octanol–water partition coefficient (Wildman–Crippen LogP) is 4.94. The molecule has 0 fully saturated rings. The van der Waals surface area contributed by atoms with Crippen LogP contribution in [0.5, 0.6) is 0 Å².